The number of rotatable bonds is 58. The molecule has 6 nitrogen and oxygen atoms in total. The number of hydrogen-bond acceptors (Lipinski definition) is 6. The van der Waals surface area contributed by atoms with Crippen LogP contribution in [0.25, 0.3) is 0 Å². The van der Waals surface area contributed by atoms with Crippen LogP contribution in [0.4, 0.5) is 0 Å². The molecule has 0 aliphatic rings. The lowest BCUT2D eigenvalue weighted by Crippen LogP contribution is -2.30. The van der Waals surface area contributed by atoms with Gasteiger partial charge < -0.3 is 14.2 Å². The first-order valence-electron chi connectivity index (χ1n) is 32.5. The van der Waals surface area contributed by atoms with E-state index in [2.05, 4.69) is 142 Å². The van der Waals surface area contributed by atoms with E-state index in [1.165, 1.54) is 116 Å². The molecule has 0 aromatic heterocycles. The molecule has 0 amide bonds. The third kappa shape index (κ3) is 62.7. The molecule has 1 unspecified atom stereocenters. The Bertz CT molecular complexity index is 1620. The van der Waals surface area contributed by atoms with E-state index in [4.69, 9.17) is 14.2 Å². The second kappa shape index (κ2) is 65.3. The fourth-order valence-corrected chi connectivity index (χ4v) is 8.81. The van der Waals surface area contributed by atoms with Gasteiger partial charge in [0.25, 0.3) is 0 Å². The Morgan fingerprint density at radius 3 is 0.846 bits per heavy atom. The minimum atomic E-state index is -0.794. The Morgan fingerprint density at radius 2 is 0.526 bits per heavy atom. The fourth-order valence-electron chi connectivity index (χ4n) is 8.81. The molecule has 0 aliphatic heterocycles. The number of ether oxygens (including phenoxy) is 3. The summed E-state index contributed by atoms with van der Waals surface area (Å²) in [7, 11) is 0. The number of unbranched alkanes of at least 4 members (excludes halogenated alkanes) is 27. The van der Waals surface area contributed by atoms with Crippen molar-refractivity contribution in [3.05, 3.63) is 122 Å². The molecule has 0 saturated carbocycles. The van der Waals surface area contributed by atoms with Gasteiger partial charge in [0.05, 0.1) is 0 Å². The normalized spacial score (nSPS) is 12.9. The average Bonchev–Trinajstić information content (AvgIpc) is 3.44. The number of carbonyl (C=O) groups is 3. The van der Waals surface area contributed by atoms with Gasteiger partial charge in [-0.15, -0.1) is 0 Å². The summed E-state index contributed by atoms with van der Waals surface area (Å²) in [6.45, 7) is 6.44. The molecule has 0 rings (SSSR count). The van der Waals surface area contributed by atoms with Gasteiger partial charge >= 0.3 is 17.9 Å². The van der Waals surface area contributed by atoms with E-state index in [1.54, 1.807) is 0 Å². The summed E-state index contributed by atoms with van der Waals surface area (Å²) < 4.78 is 16.9. The molecule has 0 radical (unpaired) electrons. The van der Waals surface area contributed by atoms with E-state index in [9.17, 15) is 14.4 Å². The van der Waals surface area contributed by atoms with Crippen LogP contribution in [0.1, 0.15) is 297 Å². The molecule has 0 spiro atoms. The SMILES string of the molecule is CC/C=C\C/C=C\C/C=C\C/C=C\C/C=C\C/C=C\CCCCCCCCC(=O)OCC(COC(=O)CCCCCCC/C=C\CCC)OC(=O)CCCCCCCCCCCC/C=C\C/C=C\C/C=C\CCCCCCC. The van der Waals surface area contributed by atoms with Gasteiger partial charge in [0.2, 0.25) is 0 Å². The van der Waals surface area contributed by atoms with E-state index < -0.39 is 6.10 Å². The third-order valence-electron chi connectivity index (χ3n) is 13.7. The maximum Gasteiger partial charge on any atom is 0.306 e. The van der Waals surface area contributed by atoms with Gasteiger partial charge in [-0.3, -0.25) is 14.4 Å². The van der Waals surface area contributed by atoms with Crippen molar-refractivity contribution in [3.8, 4) is 0 Å². The monoisotopic (exact) mass is 1080 g/mol. The summed E-state index contributed by atoms with van der Waals surface area (Å²) in [4.78, 5) is 38.3. The first kappa shape index (κ1) is 73.8. The number of hydrogen-bond donors (Lipinski definition) is 0. The highest BCUT2D eigenvalue weighted by molar-refractivity contribution is 5.71. The Morgan fingerprint density at radius 1 is 0.269 bits per heavy atom. The standard InChI is InChI=1S/C72H120O6/c1-4-7-10-13-16-19-22-24-26-28-30-32-34-36-38-40-42-44-46-48-50-53-56-59-62-65-71(74)77-68-69(67-76-70(73)64-61-58-55-52-21-18-15-12-9-6-3)78-72(75)66-63-60-57-54-51-49-47-45-43-41-39-37-35-33-31-29-27-25-23-20-17-14-11-8-5-2/h7,10,12,15-16,19,23-26,29-32,35-38,42,44,69H,4-6,8-9,11,13-14,17-18,20-22,27-28,33-34,39-41,43,45-68H2,1-3H3/b10-7-,15-12-,19-16-,25-23-,26-24-,31-29-,32-30-,37-35-,38-36-,44-42-. The molecule has 0 N–H and O–H groups in total. The molecule has 444 valence electrons. The first-order chi connectivity index (χ1) is 38.5. The van der Waals surface area contributed by atoms with E-state index in [0.29, 0.717) is 19.3 Å². The molecule has 1 atom stereocenters. The van der Waals surface area contributed by atoms with E-state index in [1.807, 2.05) is 0 Å². The lowest BCUT2D eigenvalue weighted by molar-refractivity contribution is -0.167. The van der Waals surface area contributed by atoms with Crippen molar-refractivity contribution in [2.75, 3.05) is 13.2 Å². The van der Waals surface area contributed by atoms with Crippen LogP contribution in [-0.4, -0.2) is 37.2 Å². The quantitative estimate of drug-likeness (QED) is 0.0261. The summed E-state index contributed by atoms with van der Waals surface area (Å²) in [5.74, 6) is -0.916. The summed E-state index contributed by atoms with van der Waals surface area (Å²) in [5, 5.41) is 0. The van der Waals surface area contributed by atoms with Crippen molar-refractivity contribution < 1.29 is 28.6 Å². The predicted molar refractivity (Wildman–Crippen MR) is 339 cm³/mol. The highest BCUT2D eigenvalue weighted by Gasteiger charge is 2.19. The Kier molecular flexibility index (Phi) is 61.8. The summed E-state index contributed by atoms with van der Waals surface area (Å²) >= 11 is 0. The minimum absolute atomic E-state index is 0.0908. The second-order valence-corrected chi connectivity index (χ2v) is 21.3. The van der Waals surface area contributed by atoms with Crippen LogP contribution >= 0.6 is 0 Å². The largest absolute Gasteiger partial charge is 0.462 e. The highest BCUT2D eigenvalue weighted by Crippen LogP contribution is 2.15. The van der Waals surface area contributed by atoms with Crippen LogP contribution in [0.2, 0.25) is 0 Å². The van der Waals surface area contributed by atoms with Crippen LogP contribution in [0.5, 0.6) is 0 Å². The smallest absolute Gasteiger partial charge is 0.306 e. The zero-order valence-corrected chi connectivity index (χ0v) is 50.9. The van der Waals surface area contributed by atoms with Gasteiger partial charge in [0.15, 0.2) is 6.10 Å². The molecule has 0 heterocycles. The van der Waals surface area contributed by atoms with E-state index in [-0.39, 0.29) is 31.1 Å². The zero-order chi connectivity index (χ0) is 56.4. The fraction of sp³-hybridized carbons (Fsp3) is 0.681. The number of allylic oxidation sites excluding steroid dienone is 20. The lowest BCUT2D eigenvalue weighted by atomic mass is 10.0. The van der Waals surface area contributed by atoms with Gasteiger partial charge in [-0.25, -0.2) is 0 Å². The van der Waals surface area contributed by atoms with Crippen LogP contribution in [0.15, 0.2) is 122 Å². The van der Waals surface area contributed by atoms with Gasteiger partial charge in [-0.05, 0) is 128 Å². The average molecular weight is 1080 g/mol. The molecular formula is C72H120O6. The highest BCUT2D eigenvalue weighted by atomic mass is 16.6. The molecule has 0 aromatic carbocycles. The van der Waals surface area contributed by atoms with Crippen molar-refractivity contribution in [3.63, 3.8) is 0 Å². The molecular weight excluding hydrogens is 961 g/mol. The maximum atomic E-state index is 12.9. The van der Waals surface area contributed by atoms with Crippen molar-refractivity contribution in [1.29, 1.82) is 0 Å². The molecule has 0 bridgehead atoms. The van der Waals surface area contributed by atoms with Crippen LogP contribution in [0.3, 0.4) is 0 Å². The van der Waals surface area contributed by atoms with Crippen molar-refractivity contribution in [1.82, 2.24) is 0 Å². The minimum Gasteiger partial charge on any atom is -0.462 e. The molecule has 0 saturated heterocycles. The van der Waals surface area contributed by atoms with Gasteiger partial charge in [-0.2, -0.15) is 0 Å². The van der Waals surface area contributed by atoms with Crippen LogP contribution < -0.4 is 0 Å². The molecule has 0 fully saturated rings. The van der Waals surface area contributed by atoms with Gasteiger partial charge in [0.1, 0.15) is 13.2 Å². The van der Waals surface area contributed by atoms with Crippen LogP contribution in [0, 0.1) is 0 Å². The Labute approximate surface area is 482 Å². The summed E-state index contributed by atoms with van der Waals surface area (Å²) in [6.07, 6.45) is 90.7. The molecule has 78 heavy (non-hydrogen) atoms. The van der Waals surface area contributed by atoms with Crippen molar-refractivity contribution in [2.45, 2.75) is 303 Å². The second-order valence-electron chi connectivity index (χ2n) is 21.3. The predicted octanol–water partition coefficient (Wildman–Crippen LogP) is 22.4. The van der Waals surface area contributed by atoms with Gasteiger partial charge in [0, 0.05) is 19.3 Å². The molecule has 0 aliphatic carbocycles. The lowest BCUT2D eigenvalue weighted by Gasteiger charge is -2.18. The van der Waals surface area contributed by atoms with E-state index >= 15 is 0 Å². The first-order valence-corrected chi connectivity index (χ1v) is 32.5. The van der Waals surface area contributed by atoms with Crippen molar-refractivity contribution in [2.24, 2.45) is 0 Å². The van der Waals surface area contributed by atoms with E-state index in [0.717, 1.165) is 141 Å². The summed E-state index contributed by atoms with van der Waals surface area (Å²) in [6, 6.07) is 0. The third-order valence-corrected chi connectivity index (χ3v) is 13.7. The number of esters is 3. The zero-order valence-electron chi connectivity index (χ0n) is 50.9. The summed E-state index contributed by atoms with van der Waals surface area (Å²) in [5.41, 5.74) is 0. The van der Waals surface area contributed by atoms with Crippen LogP contribution in [-0.2, 0) is 28.6 Å². The Balaban J connectivity index is 4.31. The van der Waals surface area contributed by atoms with Gasteiger partial charge in [-0.1, -0.05) is 271 Å². The van der Waals surface area contributed by atoms with Crippen molar-refractivity contribution >= 4 is 17.9 Å². The number of carbonyl (C=O) groups excluding carboxylic acids is 3. The Hall–Kier alpha value is -4.19. The maximum absolute atomic E-state index is 12.9. The molecule has 0 aromatic rings. The topological polar surface area (TPSA) is 78.9 Å². The molecule has 6 heteroatoms.